The van der Waals surface area contributed by atoms with E-state index in [9.17, 15) is 9.59 Å². The second-order valence-corrected chi connectivity index (χ2v) is 4.52. The first-order valence-corrected chi connectivity index (χ1v) is 6.52. The molecule has 0 heterocycles. The minimum atomic E-state index is -0.400. The molecule has 0 radical (unpaired) electrons. The average molecular weight is 268 g/mol. The molecule has 0 aliphatic heterocycles. The SMILES string of the molecule is CCc1ccc(C(=O)Oc2ccc(C(C)=O)cc2)cc1. The third-order valence-corrected chi connectivity index (χ3v) is 3.07. The standard InChI is InChI=1S/C17H16O3/c1-3-13-4-6-15(7-5-13)17(19)20-16-10-8-14(9-11-16)12(2)18/h4-11H,3H2,1-2H3. The maximum absolute atomic E-state index is 11.9. The van der Waals surface area contributed by atoms with Gasteiger partial charge in [-0.15, -0.1) is 0 Å². The van der Waals surface area contributed by atoms with Crippen LogP contribution < -0.4 is 4.74 Å². The zero-order chi connectivity index (χ0) is 14.5. The molecule has 0 saturated heterocycles. The van der Waals surface area contributed by atoms with E-state index in [-0.39, 0.29) is 5.78 Å². The lowest BCUT2D eigenvalue weighted by atomic mass is 10.1. The van der Waals surface area contributed by atoms with E-state index in [1.807, 2.05) is 12.1 Å². The highest BCUT2D eigenvalue weighted by Gasteiger charge is 2.08. The number of carbonyl (C=O) groups is 2. The number of hydrogen-bond donors (Lipinski definition) is 0. The van der Waals surface area contributed by atoms with Crippen molar-refractivity contribution in [3.05, 3.63) is 65.2 Å². The molecule has 0 aromatic heterocycles. The zero-order valence-electron chi connectivity index (χ0n) is 11.6. The minimum Gasteiger partial charge on any atom is -0.423 e. The summed E-state index contributed by atoms with van der Waals surface area (Å²) < 4.78 is 5.26. The Morgan fingerprint density at radius 2 is 1.45 bits per heavy atom. The van der Waals surface area contributed by atoms with Crippen LogP contribution in [0.15, 0.2) is 48.5 Å². The molecule has 0 aliphatic carbocycles. The summed E-state index contributed by atoms with van der Waals surface area (Å²) in [5.74, 6) is 0.0147. The minimum absolute atomic E-state index is 0.0157. The highest BCUT2D eigenvalue weighted by molar-refractivity contribution is 5.94. The molecule has 0 amide bonds. The summed E-state index contributed by atoms with van der Waals surface area (Å²) in [6, 6.07) is 13.9. The van der Waals surface area contributed by atoms with Crippen LogP contribution in [-0.2, 0) is 6.42 Å². The van der Waals surface area contributed by atoms with Crippen molar-refractivity contribution in [3.63, 3.8) is 0 Å². The Hall–Kier alpha value is -2.42. The van der Waals surface area contributed by atoms with Crippen molar-refractivity contribution in [2.24, 2.45) is 0 Å². The summed E-state index contributed by atoms with van der Waals surface area (Å²) in [5.41, 5.74) is 2.28. The quantitative estimate of drug-likeness (QED) is 0.482. The molecule has 102 valence electrons. The predicted molar refractivity (Wildman–Crippen MR) is 77.2 cm³/mol. The van der Waals surface area contributed by atoms with Crippen LogP contribution >= 0.6 is 0 Å². The van der Waals surface area contributed by atoms with Crippen LogP contribution in [0.4, 0.5) is 0 Å². The van der Waals surface area contributed by atoms with Gasteiger partial charge >= 0.3 is 5.97 Å². The van der Waals surface area contributed by atoms with Crippen LogP contribution in [0.25, 0.3) is 0 Å². The van der Waals surface area contributed by atoms with Crippen LogP contribution in [0.3, 0.4) is 0 Å². The van der Waals surface area contributed by atoms with Crippen LogP contribution in [-0.4, -0.2) is 11.8 Å². The van der Waals surface area contributed by atoms with Gasteiger partial charge in [0.15, 0.2) is 5.78 Å². The van der Waals surface area contributed by atoms with Gasteiger partial charge in [0.25, 0.3) is 0 Å². The van der Waals surface area contributed by atoms with Crippen LogP contribution in [0.1, 0.15) is 40.1 Å². The monoisotopic (exact) mass is 268 g/mol. The number of rotatable bonds is 4. The molecule has 20 heavy (non-hydrogen) atoms. The second kappa shape index (κ2) is 6.15. The van der Waals surface area contributed by atoms with E-state index in [4.69, 9.17) is 4.74 Å². The number of esters is 1. The zero-order valence-corrected chi connectivity index (χ0v) is 11.6. The van der Waals surface area contributed by atoms with Crippen molar-refractivity contribution in [1.29, 1.82) is 0 Å². The third kappa shape index (κ3) is 3.32. The molecule has 2 aromatic carbocycles. The first-order valence-electron chi connectivity index (χ1n) is 6.52. The number of ether oxygens (including phenoxy) is 1. The summed E-state index contributed by atoms with van der Waals surface area (Å²) in [7, 11) is 0. The summed E-state index contributed by atoms with van der Waals surface area (Å²) >= 11 is 0. The van der Waals surface area contributed by atoms with Crippen molar-refractivity contribution in [1.82, 2.24) is 0 Å². The van der Waals surface area contributed by atoms with E-state index in [1.54, 1.807) is 36.4 Å². The molecule has 2 rings (SSSR count). The van der Waals surface area contributed by atoms with Crippen molar-refractivity contribution >= 4 is 11.8 Å². The van der Waals surface area contributed by atoms with Gasteiger partial charge in [-0.3, -0.25) is 4.79 Å². The topological polar surface area (TPSA) is 43.4 Å². The highest BCUT2D eigenvalue weighted by Crippen LogP contribution is 2.15. The number of aryl methyl sites for hydroxylation is 1. The molecule has 0 saturated carbocycles. The largest absolute Gasteiger partial charge is 0.423 e. The Balaban J connectivity index is 2.08. The first-order chi connectivity index (χ1) is 9.60. The predicted octanol–water partition coefficient (Wildman–Crippen LogP) is 3.67. The average Bonchev–Trinajstić information content (AvgIpc) is 2.48. The maximum atomic E-state index is 11.9. The van der Waals surface area contributed by atoms with Gasteiger partial charge in [0.2, 0.25) is 0 Å². The first kappa shape index (κ1) is 14.0. The van der Waals surface area contributed by atoms with Crippen LogP contribution in [0, 0.1) is 0 Å². The number of hydrogen-bond acceptors (Lipinski definition) is 3. The molecule has 0 spiro atoms. The lowest BCUT2D eigenvalue weighted by Crippen LogP contribution is -2.08. The van der Waals surface area contributed by atoms with Gasteiger partial charge in [-0.05, 0) is 55.3 Å². The van der Waals surface area contributed by atoms with Gasteiger partial charge in [-0.25, -0.2) is 4.79 Å². The van der Waals surface area contributed by atoms with E-state index < -0.39 is 5.97 Å². The summed E-state index contributed by atoms with van der Waals surface area (Å²) in [6.07, 6.45) is 0.932. The van der Waals surface area contributed by atoms with E-state index in [2.05, 4.69) is 6.92 Å². The summed E-state index contributed by atoms with van der Waals surface area (Å²) in [5, 5.41) is 0. The van der Waals surface area contributed by atoms with Gasteiger partial charge < -0.3 is 4.74 Å². The fraction of sp³-hybridized carbons (Fsp3) is 0.176. The van der Waals surface area contributed by atoms with Crippen molar-refractivity contribution in [2.45, 2.75) is 20.3 Å². The number of ketones is 1. The summed E-state index contributed by atoms with van der Waals surface area (Å²) in [4.78, 5) is 23.1. The van der Waals surface area contributed by atoms with Crippen molar-refractivity contribution in [3.8, 4) is 5.75 Å². The van der Waals surface area contributed by atoms with E-state index in [1.165, 1.54) is 12.5 Å². The Kier molecular flexibility index (Phi) is 4.31. The maximum Gasteiger partial charge on any atom is 0.343 e. The number of Topliss-reactive ketones (excluding diaryl/α,β-unsaturated/α-hetero) is 1. The van der Waals surface area contributed by atoms with Gasteiger partial charge in [0.1, 0.15) is 5.75 Å². The molecular weight excluding hydrogens is 252 g/mol. The molecule has 0 aliphatic rings. The van der Waals surface area contributed by atoms with Crippen molar-refractivity contribution in [2.75, 3.05) is 0 Å². The smallest absolute Gasteiger partial charge is 0.343 e. The summed E-state index contributed by atoms with van der Waals surface area (Å²) in [6.45, 7) is 3.56. The van der Waals surface area contributed by atoms with Crippen molar-refractivity contribution < 1.29 is 14.3 Å². The Bertz CT molecular complexity index is 610. The lowest BCUT2D eigenvalue weighted by molar-refractivity contribution is 0.0734. The molecule has 0 N–H and O–H groups in total. The Morgan fingerprint density at radius 3 is 1.95 bits per heavy atom. The molecular formula is C17H16O3. The molecule has 0 atom stereocenters. The second-order valence-electron chi connectivity index (χ2n) is 4.52. The number of carbonyl (C=O) groups excluding carboxylic acids is 2. The molecule has 0 bridgehead atoms. The third-order valence-electron chi connectivity index (χ3n) is 3.07. The fourth-order valence-corrected chi connectivity index (χ4v) is 1.80. The number of benzene rings is 2. The van der Waals surface area contributed by atoms with Crippen LogP contribution in [0.2, 0.25) is 0 Å². The molecule has 3 nitrogen and oxygen atoms in total. The molecule has 2 aromatic rings. The van der Waals surface area contributed by atoms with Gasteiger partial charge in [0, 0.05) is 5.56 Å². The molecule has 0 fully saturated rings. The van der Waals surface area contributed by atoms with E-state index >= 15 is 0 Å². The van der Waals surface area contributed by atoms with E-state index in [0.29, 0.717) is 16.9 Å². The van der Waals surface area contributed by atoms with Gasteiger partial charge in [0.05, 0.1) is 5.56 Å². The van der Waals surface area contributed by atoms with E-state index in [0.717, 1.165) is 6.42 Å². The van der Waals surface area contributed by atoms with Crippen LogP contribution in [0.5, 0.6) is 5.75 Å². The molecule has 3 heteroatoms. The van der Waals surface area contributed by atoms with Gasteiger partial charge in [-0.1, -0.05) is 19.1 Å². The normalized spacial score (nSPS) is 10.1. The Morgan fingerprint density at radius 1 is 0.900 bits per heavy atom. The highest BCUT2D eigenvalue weighted by atomic mass is 16.5. The van der Waals surface area contributed by atoms with Gasteiger partial charge in [-0.2, -0.15) is 0 Å². The fourth-order valence-electron chi connectivity index (χ4n) is 1.80. The molecule has 0 unspecified atom stereocenters. The lowest BCUT2D eigenvalue weighted by Gasteiger charge is -2.05. The Labute approximate surface area is 118 Å².